The van der Waals surface area contributed by atoms with Crippen LogP contribution in [-0.4, -0.2) is 46.9 Å². The summed E-state index contributed by atoms with van der Waals surface area (Å²) in [6.07, 6.45) is 4.75. The molecule has 2 fully saturated rings. The quantitative estimate of drug-likeness (QED) is 0.414. The summed E-state index contributed by atoms with van der Waals surface area (Å²) in [4.78, 5) is 34.6. The van der Waals surface area contributed by atoms with E-state index in [0.717, 1.165) is 58.9 Å². The van der Waals surface area contributed by atoms with Crippen molar-refractivity contribution < 1.29 is 18.7 Å². The van der Waals surface area contributed by atoms with Gasteiger partial charge in [0.25, 0.3) is 11.8 Å². The van der Waals surface area contributed by atoms with Crippen LogP contribution < -0.4 is 10.1 Å². The van der Waals surface area contributed by atoms with Crippen LogP contribution in [0.15, 0.2) is 40.9 Å². The van der Waals surface area contributed by atoms with Gasteiger partial charge >= 0.3 is 0 Å². The minimum Gasteiger partial charge on any atom is -0.493 e. The fraction of sp³-hybridized carbons (Fsp3) is 0.393. The number of rotatable bonds is 5. The fourth-order valence-corrected chi connectivity index (χ4v) is 7.44. The van der Waals surface area contributed by atoms with Crippen LogP contribution in [0.1, 0.15) is 57.1 Å². The van der Waals surface area contributed by atoms with Crippen molar-refractivity contribution >= 4 is 39.1 Å². The molecule has 6 rings (SSSR count). The molecular formula is C28H27BrFN3O3S. The van der Waals surface area contributed by atoms with E-state index in [1.54, 1.807) is 12.1 Å². The zero-order valence-corrected chi connectivity index (χ0v) is 22.8. The van der Waals surface area contributed by atoms with E-state index in [4.69, 9.17) is 4.74 Å². The van der Waals surface area contributed by atoms with Crippen LogP contribution in [0.3, 0.4) is 0 Å². The molecule has 3 unspecified atom stereocenters. The third kappa shape index (κ3) is 4.46. The molecule has 6 nitrogen and oxygen atoms in total. The first-order chi connectivity index (χ1) is 17.9. The highest BCUT2D eigenvalue weighted by atomic mass is 79.9. The van der Waals surface area contributed by atoms with Crippen LogP contribution >= 0.6 is 27.3 Å². The van der Waals surface area contributed by atoms with Gasteiger partial charge in [-0.1, -0.05) is 18.6 Å². The van der Waals surface area contributed by atoms with Crippen LogP contribution in [-0.2, 0) is 6.42 Å². The summed E-state index contributed by atoms with van der Waals surface area (Å²) in [6, 6.07) is 10.4. The van der Waals surface area contributed by atoms with Gasteiger partial charge in [0, 0.05) is 30.1 Å². The lowest BCUT2D eigenvalue weighted by molar-refractivity contribution is 0.0645. The van der Waals surface area contributed by atoms with Gasteiger partial charge in [0.05, 0.1) is 27.0 Å². The third-order valence-electron chi connectivity index (χ3n) is 7.78. The Morgan fingerprint density at radius 3 is 2.97 bits per heavy atom. The van der Waals surface area contributed by atoms with Crippen LogP contribution in [0, 0.1) is 18.7 Å². The zero-order chi connectivity index (χ0) is 25.7. The molecule has 2 aliphatic heterocycles. The van der Waals surface area contributed by atoms with E-state index in [-0.39, 0.29) is 29.7 Å². The Morgan fingerprint density at radius 2 is 2.14 bits per heavy atom. The Hall–Kier alpha value is -2.78. The van der Waals surface area contributed by atoms with E-state index >= 15 is 0 Å². The number of fused-ring (bicyclic) bond motifs is 2. The highest BCUT2D eigenvalue weighted by Gasteiger charge is 2.47. The van der Waals surface area contributed by atoms with E-state index in [1.807, 2.05) is 30.0 Å². The van der Waals surface area contributed by atoms with Crippen molar-refractivity contribution in [3.05, 3.63) is 68.5 Å². The second-order valence-corrected chi connectivity index (χ2v) is 12.0. The molecule has 0 radical (unpaired) electrons. The maximum absolute atomic E-state index is 14.1. The summed E-state index contributed by atoms with van der Waals surface area (Å²) in [5.74, 6) is 0.621. The normalized spacial score (nSPS) is 22.0. The van der Waals surface area contributed by atoms with E-state index in [1.165, 1.54) is 17.4 Å². The van der Waals surface area contributed by atoms with Gasteiger partial charge in [-0.05, 0) is 77.9 Å². The summed E-state index contributed by atoms with van der Waals surface area (Å²) in [7, 11) is 0. The predicted molar refractivity (Wildman–Crippen MR) is 144 cm³/mol. The molecule has 1 N–H and O–H groups in total. The number of hydrogen-bond acceptors (Lipinski definition) is 5. The first-order valence-electron chi connectivity index (χ1n) is 12.7. The number of ether oxygens (including phenoxy) is 1. The van der Waals surface area contributed by atoms with E-state index in [0.29, 0.717) is 34.8 Å². The molecule has 1 aliphatic carbocycles. The van der Waals surface area contributed by atoms with E-state index in [9.17, 15) is 14.0 Å². The highest BCUT2D eigenvalue weighted by Crippen LogP contribution is 2.43. The number of nitrogens with one attached hydrogen (secondary N) is 1. The number of nitrogens with zero attached hydrogens (tertiary/aromatic N) is 2. The zero-order valence-electron chi connectivity index (χ0n) is 20.4. The van der Waals surface area contributed by atoms with Gasteiger partial charge in [0.2, 0.25) is 0 Å². The molecule has 192 valence electrons. The number of benzene rings is 2. The smallest absolute Gasteiger partial charge is 0.274 e. The first-order valence-corrected chi connectivity index (χ1v) is 14.3. The fourth-order valence-electron chi connectivity index (χ4n) is 6.16. The average Bonchev–Trinajstić information content (AvgIpc) is 3.67. The van der Waals surface area contributed by atoms with Crippen molar-refractivity contribution in [2.75, 3.05) is 13.2 Å². The number of thiazole rings is 1. The molecule has 0 bridgehead atoms. The maximum atomic E-state index is 14.1. The lowest BCUT2D eigenvalue weighted by Gasteiger charge is -2.30. The van der Waals surface area contributed by atoms with E-state index in [2.05, 4.69) is 26.2 Å². The SMILES string of the molecule is Cc1nc(C(=O)N2C(CNC(=O)c3cccc4c3CCO4)CC3CCCC32)c(-c2ccc(F)c(Br)c2)s1. The van der Waals surface area contributed by atoms with Crippen molar-refractivity contribution in [1.82, 2.24) is 15.2 Å². The molecular weight excluding hydrogens is 557 g/mol. The lowest BCUT2D eigenvalue weighted by atomic mass is 10.0. The van der Waals surface area contributed by atoms with Gasteiger partial charge in [-0.2, -0.15) is 0 Å². The molecule has 3 aliphatic rings. The van der Waals surface area contributed by atoms with Crippen molar-refractivity contribution in [3.8, 4) is 16.2 Å². The lowest BCUT2D eigenvalue weighted by Crippen LogP contribution is -2.46. The molecule has 2 aromatic carbocycles. The Labute approximate surface area is 227 Å². The van der Waals surface area contributed by atoms with Gasteiger partial charge in [-0.3, -0.25) is 9.59 Å². The summed E-state index contributed by atoms with van der Waals surface area (Å²) >= 11 is 4.70. The Morgan fingerprint density at radius 1 is 1.27 bits per heavy atom. The second kappa shape index (κ2) is 9.83. The molecule has 3 heterocycles. The Bertz CT molecular complexity index is 1390. The standard InChI is InChI=1S/C28H27BrFN3O3S/c1-15-32-25(26(37-15)17-8-9-22(30)21(29)13-17)28(35)33-18(12-16-4-2-6-23(16)33)14-31-27(34)20-5-3-7-24-19(20)10-11-36-24/h3,5,7-9,13,16,18,23H,2,4,6,10-12,14H2,1H3,(H,31,34). The van der Waals surface area contributed by atoms with Gasteiger partial charge < -0.3 is 15.0 Å². The summed E-state index contributed by atoms with van der Waals surface area (Å²) in [6.45, 7) is 2.86. The Kier molecular flexibility index (Phi) is 6.52. The predicted octanol–water partition coefficient (Wildman–Crippen LogP) is 5.77. The van der Waals surface area contributed by atoms with Crippen molar-refractivity contribution in [1.29, 1.82) is 0 Å². The second-order valence-electron chi connectivity index (χ2n) is 9.99. The molecule has 9 heteroatoms. The molecule has 1 saturated heterocycles. The van der Waals surface area contributed by atoms with Crippen molar-refractivity contribution in [3.63, 3.8) is 0 Å². The molecule has 1 saturated carbocycles. The van der Waals surface area contributed by atoms with Crippen molar-refractivity contribution in [2.24, 2.45) is 5.92 Å². The number of likely N-dealkylation sites (tertiary alicyclic amines) is 1. The summed E-state index contributed by atoms with van der Waals surface area (Å²) in [5.41, 5.74) is 2.76. The molecule has 2 amide bonds. The monoisotopic (exact) mass is 583 g/mol. The van der Waals surface area contributed by atoms with Crippen LogP contribution in [0.25, 0.3) is 10.4 Å². The molecule has 0 spiro atoms. The number of aromatic nitrogens is 1. The molecule has 3 atom stereocenters. The van der Waals surface area contributed by atoms with Gasteiger partial charge in [0.15, 0.2) is 0 Å². The number of halogens is 2. The van der Waals surface area contributed by atoms with Gasteiger partial charge in [0.1, 0.15) is 17.3 Å². The summed E-state index contributed by atoms with van der Waals surface area (Å²) in [5, 5.41) is 3.89. The maximum Gasteiger partial charge on any atom is 0.274 e. The summed E-state index contributed by atoms with van der Waals surface area (Å²) < 4.78 is 19.9. The topological polar surface area (TPSA) is 71.5 Å². The van der Waals surface area contributed by atoms with Crippen molar-refractivity contribution in [2.45, 2.75) is 51.1 Å². The average molecular weight is 585 g/mol. The third-order valence-corrected chi connectivity index (χ3v) is 9.41. The minimum atomic E-state index is -0.349. The van der Waals surface area contributed by atoms with Gasteiger partial charge in [-0.25, -0.2) is 9.37 Å². The Balaban J connectivity index is 1.26. The molecule has 37 heavy (non-hydrogen) atoms. The number of carbonyl (C=O) groups excluding carboxylic acids is 2. The van der Waals surface area contributed by atoms with Crippen LogP contribution in [0.4, 0.5) is 4.39 Å². The van der Waals surface area contributed by atoms with E-state index < -0.39 is 0 Å². The minimum absolute atomic E-state index is 0.102. The molecule has 3 aromatic rings. The number of carbonyl (C=O) groups is 2. The number of aryl methyl sites for hydroxylation is 1. The molecule has 1 aromatic heterocycles. The first kappa shape index (κ1) is 24.6. The number of hydrogen-bond donors (Lipinski definition) is 1. The van der Waals surface area contributed by atoms with Crippen LogP contribution in [0.5, 0.6) is 5.75 Å². The largest absolute Gasteiger partial charge is 0.493 e. The van der Waals surface area contributed by atoms with Crippen LogP contribution in [0.2, 0.25) is 0 Å². The van der Waals surface area contributed by atoms with Gasteiger partial charge in [-0.15, -0.1) is 11.3 Å². The number of amides is 2. The highest BCUT2D eigenvalue weighted by molar-refractivity contribution is 9.10.